The third kappa shape index (κ3) is 3.82. The van der Waals surface area contributed by atoms with Gasteiger partial charge in [-0.25, -0.2) is 4.79 Å². The van der Waals surface area contributed by atoms with Crippen LogP contribution < -0.4 is 4.74 Å². The van der Waals surface area contributed by atoms with Gasteiger partial charge in [-0.3, -0.25) is 9.78 Å². The summed E-state index contributed by atoms with van der Waals surface area (Å²) in [7, 11) is 0. The Labute approximate surface area is 166 Å². The fourth-order valence-corrected chi connectivity index (χ4v) is 4.48. The predicted molar refractivity (Wildman–Crippen MR) is 100 cm³/mol. The normalized spacial score (nSPS) is 18.6. The van der Waals surface area contributed by atoms with Gasteiger partial charge in [0.05, 0.1) is 5.69 Å². The maximum absolute atomic E-state index is 12.6. The van der Waals surface area contributed by atoms with E-state index in [1.807, 2.05) is 0 Å². The fourth-order valence-electron chi connectivity index (χ4n) is 3.45. The van der Waals surface area contributed by atoms with Crippen LogP contribution in [0.5, 0.6) is 5.75 Å². The lowest BCUT2D eigenvalue weighted by atomic mass is 10.0. The molecular formula is C20H14F3NO4S. The Hall–Kier alpha value is -2.94. The monoisotopic (exact) mass is 421 g/mol. The SMILES string of the molecule is CC(=O)C1CC1c1cccc(-c2c(C(=O)O)sc3ccc(OC(F)(F)F)cc23)n1. The maximum Gasteiger partial charge on any atom is 0.573 e. The first-order chi connectivity index (χ1) is 13.6. The van der Waals surface area contributed by atoms with Gasteiger partial charge in [-0.05, 0) is 43.7 Å². The first kappa shape index (κ1) is 19.4. The summed E-state index contributed by atoms with van der Waals surface area (Å²) < 4.78 is 42.3. The van der Waals surface area contributed by atoms with Crippen molar-refractivity contribution in [2.24, 2.45) is 5.92 Å². The highest BCUT2D eigenvalue weighted by Gasteiger charge is 2.43. The number of ether oxygens (including phenoxy) is 1. The van der Waals surface area contributed by atoms with Gasteiger partial charge in [0.25, 0.3) is 0 Å². The predicted octanol–water partition coefficient (Wildman–Crippen LogP) is 5.25. The van der Waals surface area contributed by atoms with Crippen molar-refractivity contribution in [3.63, 3.8) is 0 Å². The molecule has 1 aliphatic rings. The first-order valence-corrected chi connectivity index (χ1v) is 9.49. The van der Waals surface area contributed by atoms with E-state index >= 15 is 0 Å². The van der Waals surface area contributed by atoms with Gasteiger partial charge < -0.3 is 9.84 Å². The standard InChI is InChI=1S/C20H14F3NO4S/c1-9(25)11-8-12(11)14-3-2-4-15(24-14)17-13-7-10(28-20(21,22)23)5-6-16(13)29-18(17)19(26)27/h2-7,11-12H,8H2,1H3,(H,26,27). The number of carboxylic acid groups (broad SMARTS) is 1. The minimum absolute atomic E-state index is 0.0187. The minimum Gasteiger partial charge on any atom is -0.477 e. The van der Waals surface area contributed by atoms with Gasteiger partial charge in [-0.2, -0.15) is 0 Å². The van der Waals surface area contributed by atoms with E-state index in [0.29, 0.717) is 27.9 Å². The number of aromatic carboxylic acids is 1. The van der Waals surface area contributed by atoms with Crippen molar-refractivity contribution in [1.82, 2.24) is 4.98 Å². The molecule has 3 aromatic rings. The molecule has 2 heterocycles. The van der Waals surface area contributed by atoms with Gasteiger partial charge in [-0.1, -0.05) is 6.07 Å². The van der Waals surface area contributed by atoms with Crippen LogP contribution in [0.4, 0.5) is 13.2 Å². The molecule has 1 N–H and O–H groups in total. The summed E-state index contributed by atoms with van der Waals surface area (Å²) in [4.78, 5) is 27.9. The van der Waals surface area contributed by atoms with Crippen molar-refractivity contribution in [2.45, 2.75) is 25.6 Å². The van der Waals surface area contributed by atoms with E-state index in [2.05, 4.69) is 9.72 Å². The Balaban J connectivity index is 1.83. The molecule has 1 fully saturated rings. The summed E-state index contributed by atoms with van der Waals surface area (Å²) >= 11 is 0.958. The van der Waals surface area contributed by atoms with Crippen LogP contribution in [0.25, 0.3) is 21.3 Å². The quantitative estimate of drug-likeness (QED) is 0.609. The number of nitrogens with zero attached hydrogens (tertiary/aromatic N) is 1. The zero-order valence-corrected chi connectivity index (χ0v) is 15.8. The highest BCUT2D eigenvalue weighted by Crippen LogP contribution is 2.48. The highest BCUT2D eigenvalue weighted by atomic mass is 32.1. The van der Waals surface area contributed by atoms with Crippen LogP contribution in [-0.2, 0) is 4.79 Å². The summed E-state index contributed by atoms with van der Waals surface area (Å²) in [6, 6.07) is 8.80. The first-order valence-electron chi connectivity index (χ1n) is 8.67. The van der Waals surface area contributed by atoms with Gasteiger partial charge >= 0.3 is 12.3 Å². The van der Waals surface area contributed by atoms with Crippen LogP contribution in [0.3, 0.4) is 0 Å². The Kier molecular flexibility index (Phi) is 4.57. The van der Waals surface area contributed by atoms with Crippen molar-refractivity contribution < 1.29 is 32.6 Å². The molecule has 0 bridgehead atoms. The number of hydrogen-bond donors (Lipinski definition) is 1. The topological polar surface area (TPSA) is 76.5 Å². The number of rotatable bonds is 5. The van der Waals surface area contributed by atoms with Gasteiger partial charge in [0.1, 0.15) is 16.4 Å². The molecule has 2 unspecified atom stereocenters. The molecule has 9 heteroatoms. The van der Waals surface area contributed by atoms with Crippen LogP contribution in [-0.4, -0.2) is 28.2 Å². The van der Waals surface area contributed by atoms with Gasteiger partial charge in [0, 0.05) is 33.2 Å². The lowest BCUT2D eigenvalue weighted by Gasteiger charge is -2.09. The summed E-state index contributed by atoms with van der Waals surface area (Å²) in [6.45, 7) is 1.52. The average molecular weight is 421 g/mol. The molecule has 4 rings (SSSR count). The number of carboxylic acids is 1. The van der Waals surface area contributed by atoms with Gasteiger partial charge in [-0.15, -0.1) is 24.5 Å². The molecule has 1 aromatic carbocycles. The zero-order chi connectivity index (χ0) is 20.9. The Bertz CT molecular complexity index is 1140. The van der Waals surface area contributed by atoms with Gasteiger partial charge in [0.2, 0.25) is 0 Å². The van der Waals surface area contributed by atoms with E-state index < -0.39 is 18.1 Å². The van der Waals surface area contributed by atoms with E-state index in [1.54, 1.807) is 18.2 Å². The smallest absolute Gasteiger partial charge is 0.477 e. The average Bonchev–Trinajstić information content (AvgIpc) is 3.35. The number of benzene rings is 1. The molecule has 2 aromatic heterocycles. The summed E-state index contributed by atoms with van der Waals surface area (Å²) in [6.07, 6.45) is -4.17. The summed E-state index contributed by atoms with van der Waals surface area (Å²) in [5, 5.41) is 9.93. The van der Waals surface area contributed by atoms with Crippen LogP contribution >= 0.6 is 11.3 Å². The lowest BCUT2D eigenvalue weighted by molar-refractivity contribution is -0.274. The molecule has 0 amide bonds. The Morgan fingerprint density at radius 2 is 2.00 bits per heavy atom. The number of halogens is 3. The summed E-state index contributed by atoms with van der Waals surface area (Å²) in [5.41, 5.74) is 1.25. The molecule has 1 saturated carbocycles. The molecule has 2 atom stereocenters. The molecule has 29 heavy (non-hydrogen) atoms. The lowest BCUT2D eigenvalue weighted by Crippen LogP contribution is -2.16. The third-order valence-corrected chi connectivity index (χ3v) is 5.97. The number of fused-ring (bicyclic) bond motifs is 1. The molecule has 0 aliphatic heterocycles. The second-order valence-electron chi connectivity index (χ2n) is 6.82. The van der Waals surface area contributed by atoms with Crippen LogP contribution in [0, 0.1) is 5.92 Å². The molecule has 0 saturated heterocycles. The summed E-state index contributed by atoms with van der Waals surface area (Å²) in [5.74, 6) is -1.67. The third-order valence-electron chi connectivity index (χ3n) is 4.81. The minimum atomic E-state index is -4.86. The number of carbonyl (C=O) groups excluding carboxylic acids is 1. The fraction of sp³-hybridized carbons (Fsp3) is 0.250. The van der Waals surface area contributed by atoms with Crippen molar-refractivity contribution in [3.05, 3.63) is 47.0 Å². The van der Waals surface area contributed by atoms with Crippen LogP contribution in [0.15, 0.2) is 36.4 Å². The van der Waals surface area contributed by atoms with Crippen molar-refractivity contribution in [1.29, 1.82) is 0 Å². The number of hydrogen-bond acceptors (Lipinski definition) is 5. The van der Waals surface area contributed by atoms with Crippen molar-refractivity contribution in [2.75, 3.05) is 0 Å². The highest BCUT2D eigenvalue weighted by molar-refractivity contribution is 7.21. The maximum atomic E-state index is 12.6. The molecule has 1 aliphatic carbocycles. The molecule has 150 valence electrons. The zero-order valence-electron chi connectivity index (χ0n) is 15.0. The number of ketones is 1. The molecular weight excluding hydrogens is 407 g/mol. The Morgan fingerprint density at radius 3 is 2.62 bits per heavy atom. The van der Waals surface area contributed by atoms with E-state index in [0.717, 1.165) is 17.4 Å². The van der Waals surface area contributed by atoms with Gasteiger partial charge in [0.15, 0.2) is 0 Å². The number of pyridine rings is 1. The second-order valence-corrected chi connectivity index (χ2v) is 7.88. The largest absolute Gasteiger partial charge is 0.573 e. The van der Waals surface area contributed by atoms with E-state index in [4.69, 9.17) is 0 Å². The molecule has 0 radical (unpaired) electrons. The number of thiophene rings is 1. The van der Waals surface area contributed by atoms with Crippen molar-refractivity contribution in [3.8, 4) is 17.0 Å². The number of carbonyl (C=O) groups is 2. The number of aromatic nitrogens is 1. The van der Waals surface area contributed by atoms with Crippen LogP contribution in [0.1, 0.15) is 34.6 Å². The van der Waals surface area contributed by atoms with E-state index in [9.17, 15) is 27.9 Å². The Morgan fingerprint density at radius 1 is 1.24 bits per heavy atom. The molecule has 0 spiro atoms. The van der Waals surface area contributed by atoms with Crippen molar-refractivity contribution >= 4 is 33.2 Å². The van der Waals surface area contributed by atoms with E-state index in [1.165, 1.54) is 19.1 Å². The number of Topliss-reactive ketones (excluding diaryl/α,β-unsaturated/α-hetero) is 1. The van der Waals surface area contributed by atoms with Crippen LogP contribution in [0.2, 0.25) is 0 Å². The van der Waals surface area contributed by atoms with E-state index in [-0.39, 0.29) is 28.1 Å². The second kappa shape index (κ2) is 6.84. The molecule has 5 nitrogen and oxygen atoms in total. The number of alkyl halides is 3.